The number of rotatable bonds is 9. The number of hydrogen-bond acceptors (Lipinski definition) is 0. The molecule has 0 aliphatic heterocycles. The van der Waals surface area contributed by atoms with E-state index < -0.39 is 0 Å². The SMILES string of the molecule is CC[n+]1ccn(-c2ccc(-c3cc(-c4ccc(-n5cc[n+](CC)c5)cc4)cc(-c4ccc(-n5cc[n+](CC)c5)cc4)c3)cc2)c1. The monoisotopic (exact) mass is 591 g/mol. The molecule has 0 unspecified atom stereocenters. The van der Waals surface area contributed by atoms with Crippen LogP contribution in [0, 0.1) is 0 Å². The summed E-state index contributed by atoms with van der Waals surface area (Å²) in [6.45, 7) is 9.33. The van der Waals surface area contributed by atoms with E-state index in [1.807, 2.05) is 0 Å². The Balaban J connectivity index is 1.26. The topological polar surface area (TPSA) is 26.4 Å². The fraction of sp³-hybridized carbons (Fsp3) is 0.154. The Morgan fingerprint density at radius 3 is 0.867 bits per heavy atom. The summed E-state index contributed by atoms with van der Waals surface area (Å²) in [5.41, 5.74) is 10.6. The predicted octanol–water partition coefficient (Wildman–Crippen LogP) is 6.98. The second-order valence-electron chi connectivity index (χ2n) is 11.4. The minimum Gasteiger partial charge on any atom is -0.237 e. The molecule has 6 nitrogen and oxygen atoms in total. The van der Waals surface area contributed by atoms with Crippen LogP contribution in [0.1, 0.15) is 20.8 Å². The lowest BCUT2D eigenvalue weighted by molar-refractivity contribution is -0.692. The Bertz CT molecular complexity index is 1790. The van der Waals surface area contributed by atoms with E-state index in [0.29, 0.717) is 0 Å². The van der Waals surface area contributed by atoms with E-state index in [4.69, 9.17) is 0 Å². The number of nitrogens with zero attached hydrogens (tertiary/aromatic N) is 6. The Morgan fingerprint density at radius 2 is 0.644 bits per heavy atom. The number of aromatic nitrogens is 6. The summed E-state index contributed by atoms with van der Waals surface area (Å²) in [5.74, 6) is 0. The lowest BCUT2D eigenvalue weighted by Gasteiger charge is -2.12. The second-order valence-corrected chi connectivity index (χ2v) is 11.4. The van der Waals surface area contributed by atoms with Gasteiger partial charge in [0.15, 0.2) is 0 Å². The lowest BCUT2D eigenvalue weighted by Crippen LogP contribution is -2.28. The van der Waals surface area contributed by atoms with Crippen molar-refractivity contribution < 1.29 is 13.7 Å². The van der Waals surface area contributed by atoms with Crippen LogP contribution in [0.4, 0.5) is 0 Å². The maximum Gasteiger partial charge on any atom is 0.248 e. The van der Waals surface area contributed by atoms with Crippen LogP contribution in [0.15, 0.2) is 147 Å². The van der Waals surface area contributed by atoms with E-state index in [1.165, 1.54) is 33.4 Å². The van der Waals surface area contributed by atoms with E-state index in [9.17, 15) is 0 Å². The molecule has 0 saturated heterocycles. The molecule has 3 aromatic heterocycles. The highest BCUT2D eigenvalue weighted by Crippen LogP contribution is 2.34. The van der Waals surface area contributed by atoms with E-state index in [2.05, 4.69) is 195 Å². The van der Waals surface area contributed by atoms with E-state index >= 15 is 0 Å². The number of aryl methyl sites for hydroxylation is 3. The second kappa shape index (κ2) is 12.2. The van der Waals surface area contributed by atoms with Gasteiger partial charge in [-0.25, -0.2) is 27.4 Å². The first-order chi connectivity index (χ1) is 22.1. The molecule has 0 saturated carbocycles. The summed E-state index contributed by atoms with van der Waals surface area (Å²) in [7, 11) is 0. The molecular weight excluding hydrogens is 552 g/mol. The fourth-order valence-corrected chi connectivity index (χ4v) is 5.81. The molecule has 6 heteroatoms. The summed E-state index contributed by atoms with van der Waals surface area (Å²) in [4.78, 5) is 0. The maximum absolute atomic E-state index is 2.31. The van der Waals surface area contributed by atoms with Crippen molar-refractivity contribution in [3.8, 4) is 50.4 Å². The third-order valence-electron chi connectivity index (χ3n) is 8.60. The molecule has 0 amide bonds. The van der Waals surface area contributed by atoms with Gasteiger partial charge in [-0.2, -0.15) is 0 Å². The first kappa shape index (κ1) is 28.3. The molecule has 0 aliphatic rings. The van der Waals surface area contributed by atoms with Crippen LogP contribution in [0.5, 0.6) is 0 Å². The van der Waals surface area contributed by atoms with Gasteiger partial charge in [0, 0.05) is 0 Å². The largest absolute Gasteiger partial charge is 0.248 e. The van der Waals surface area contributed by atoms with E-state index in [-0.39, 0.29) is 0 Å². The summed E-state index contributed by atoms with van der Waals surface area (Å²) in [5, 5.41) is 0. The molecule has 0 N–H and O–H groups in total. The summed E-state index contributed by atoms with van der Waals surface area (Å²) in [6, 6.07) is 33.5. The van der Waals surface area contributed by atoms with Gasteiger partial charge in [-0.05, 0) is 109 Å². The maximum atomic E-state index is 2.31. The zero-order valence-corrected chi connectivity index (χ0v) is 26.2. The third kappa shape index (κ3) is 5.87. The summed E-state index contributed by atoms with van der Waals surface area (Å²) < 4.78 is 13.0. The van der Waals surface area contributed by atoms with Crippen molar-refractivity contribution in [1.29, 1.82) is 0 Å². The zero-order valence-electron chi connectivity index (χ0n) is 26.2. The number of imidazole rings is 3. The highest BCUT2D eigenvalue weighted by atomic mass is 15.1. The molecule has 0 fully saturated rings. The minimum absolute atomic E-state index is 0.955. The van der Waals surface area contributed by atoms with Crippen LogP contribution in [-0.4, -0.2) is 13.7 Å². The molecule has 7 rings (SSSR count). The standard InChI is InChI=1S/C39H39N6/c1-4-40-19-22-43(28-40)37-13-7-31(8-14-37)34-25-35(32-9-15-38(16-10-32)44-23-20-41(5-2)29-44)27-36(26-34)33-11-17-39(18-12-33)45-24-21-42(6-3)30-45/h7-30H,4-6H2,1-3H3/q+3. The number of benzene rings is 4. The van der Waals surface area contributed by atoms with Gasteiger partial charge >= 0.3 is 0 Å². The molecule has 0 atom stereocenters. The number of hydrogen-bond donors (Lipinski definition) is 0. The van der Waals surface area contributed by atoms with Crippen molar-refractivity contribution in [3.05, 3.63) is 147 Å². The quantitative estimate of drug-likeness (QED) is 0.162. The summed E-state index contributed by atoms with van der Waals surface area (Å²) in [6.07, 6.45) is 19.0. The van der Waals surface area contributed by atoms with Crippen molar-refractivity contribution in [1.82, 2.24) is 13.7 Å². The van der Waals surface area contributed by atoms with Crippen LogP contribution < -0.4 is 13.7 Å². The molecular formula is C39H39N6+3. The Labute approximate surface area is 265 Å². The molecule has 222 valence electrons. The van der Waals surface area contributed by atoms with E-state index in [1.54, 1.807) is 0 Å². The van der Waals surface area contributed by atoms with Crippen molar-refractivity contribution in [2.45, 2.75) is 40.4 Å². The van der Waals surface area contributed by atoms with Gasteiger partial charge < -0.3 is 0 Å². The van der Waals surface area contributed by atoms with Crippen LogP contribution in [0.25, 0.3) is 50.4 Å². The van der Waals surface area contributed by atoms with Crippen LogP contribution in [0.2, 0.25) is 0 Å². The van der Waals surface area contributed by atoms with Crippen molar-refractivity contribution in [2.75, 3.05) is 0 Å². The van der Waals surface area contributed by atoms with Crippen molar-refractivity contribution >= 4 is 0 Å². The smallest absolute Gasteiger partial charge is 0.237 e. The Morgan fingerprint density at radius 1 is 0.378 bits per heavy atom. The average Bonchev–Trinajstić information content (AvgIpc) is 3.90. The lowest BCUT2D eigenvalue weighted by atomic mass is 9.93. The van der Waals surface area contributed by atoms with E-state index in [0.717, 1.165) is 36.7 Å². The van der Waals surface area contributed by atoms with Gasteiger partial charge in [-0.1, -0.05) is 36.4 Å². The van der Waals surface area contributed by atoms with Crippen LogP contribution in [0.3, 0.4) is 0 Å². The average molecular weight is 592 g/mol. The van der Waals surface area contributed by atoms with Gasteiger partial charge in [0.1, 0.15) is 54.2 Å². The van der Waals surface area contributed by atoms with Gasteiger partial charge in [-0.3, -0.25) is 0 Å². The highest BCUT2D eigenvalue weighted by molar-refractivity contribution is 5.81. The van der Waals surface area contributed by atoms with Crippen molar-refractivity contribution in [2.24, 2.45) is 0 Å². The van der Waals surface area contributed by atoms with Crippen LogP contribution in [-0.2, 0) is 19.6 Å². The fourth-order valence-electron chi connectivity index (χ4n) is 5.81. The summed E-state index contributed by atoms with van der Waals surface area (Å²) >= 11 is 0. The predicted molar refractivity (Wildman–Crippen MR) is 178 cm³/mol. The van der Waals surface area contributed by atoms with Crippen LogP contribution >= 0.6 is 0 Å². The van der Waals surface area contributed by atoms with Crippen molar-refractivity contribution in [3.63, 3.8) is 0 Å². The zero-order chi connectivity index (χ0) is 30.8. The molecule has 4 aromatic carbocycles. The van der Waals surface area contributed by atoms with Gasteiger partial charge in [0.05, 0.1) is 19.6 Å². The first-order valence-corrected chi connectivity index (χ1v) is 15.8. The highest BCUT2D eigenvalue weighted by Gasteiger charge is 2.12. The third-order valence-corrected chi connectivity index (χ3v) is 8.60. The molecule has 0 bridgehead atoms. The molecule has 0 spiro atoms. The normalized spacial score (nSPS) is 11.3. The van der Waals surface area contributed by atoms with Gasteiger partial charge in [0.25, 0.3) is 0 Å². The molecule has 0 radical (unpaired) electrons. The van der Waals surface area contributed by atoms with Gasteiger partial charge in [0.2, 0.25) is 19.0 Å². The Hall–Kier alpha value is -5.49. The molecule has 0 aliphatic carbocycles. The first-order valence-electron chi connectivity index (χ1n) is 15.8. The molecule has 7 aromatic rings. The van der Waals surface area contributed by atoms with Gasteiger partial charge in [-0.15, -0.1) is 0 Å². The Kier molecular flexibility index (Phi) is 7.70. The molecule has 45 heavy (non-hydrogen) atoms. The minimum atomic E-state index is 0.955. The molecule has 3 heterocycles.